The Kier molecular flexibility index (Phi) is 3.00. The molecule has 0 aliphatic heterocycles. The van der Waals surface area contributed by atoms with Crippen LogP contribution in [0.2, 0.25) is 0 Å². The fourth-order valence-corrected chi connectivity index (χ4v) is 0.791. The van der Waals surface area contributed by atoms with E-state index >= 15 is 0 Å². The Hall–Kier alpha value is -0.940. The summed E-state index contributed by atoms with van der Waals surface area (Å²) in [5, 5.41) is 7.32. The molecule has 1 heterocycles. The standard InChI is InChI=1S/C8H15N3O2/c1-6-7(11-13-10-6)4-12-5-8(2,3)9/h4-5,9H2,1-3H3. The molecule has 2 N–H and O–H groups in total. The number of rotatable bonds is 4. The molecular weight excluding hydrogens is 170 g/mol. The second-order valence-corrected chi connectivity index (χ2v) is 3.78. The summed E-state index contributed by atoms with van der Waals surface area (Å²) in [5.41, 5.74) is 6.90. The number of nitrogens with zero attached hydrogens (tertiary/aromatic N) is 2. The maximum atomic E-state index is 5.73. The third-order valence-corrected chi connectivity index (χ3v) is 1.46. The van der Waals surface area contributed by atoms with Crippen molar-refractivity contribution in [2.24, 2.45) is 5.73 Å². The Bertz CT molecular complexity index is 265. The van der Waals surface area contributed by atoms with Crippen LogP contribution in [0.15, 0.2) is 4.63 Å². The second kappa shape index (κ2) is 3.85. The lowest BCUT2D eigenvalue weighted by Crippen LogP contribution is -2.37. The number of hydrogen-bond donors (Lipinski definition) is 1. The van der Waals surface area contributed by atoms with E-state index in [9.17, 15) is 0 Å². The fourth-order valence-electron chi connectivity index (χ4n) is 0.791. The summed E-state index contributed by atoms with van der Waals surface area (Å²) in [7, 11) is 0. The van der Waals surface area contributed by atoms with Gasteiger partial charge in [-0.15, -0.1) is 0 Å². The molecule has 5 nitrogen and oxygen atoms in total. The molecule has 1 aromatic heterocycles. The van der Waals surface area contributed by atoms with Crippen molar-refractivity contribution in [3.63, 3.8) is 0 Å². The van der Waals surface area contributed by atoms with Crippen molar-refractivity contribution in [3.8, 4) is 0 Å². The van der Waals surface area contributed by atoms with E-state index in [-0.39, 0.29) is 5.54 Å². The highest BCUT2D eigenvalue weighted by atomic mass is 16.6. The molecule has 13 heavy (non-hydrogen) atoms. The number of nitrogens with two attached hydrogens (primary N) is 1. The van der Waals surface area contributed by atoms with Gasteiger partial charge in [-0.05, 0) is 20.8 Å². The third kappa shape index (κ3) is 3.52. The average molecular weight is 185 g/mol. The highest BCUT2D eigenvalue weighted by molar-refractivity contribution is 5.02. The Morgan fingerprint density at radius 2 is 2.15 bits per heavy atom. The van der Waals surface area contributed by atoms with Crippen LogP contribution in [-0.2, 0) is 11.3 Å². The Morgan fingerprint density at radius 1 is 1.46 bits per heavy atom. The minimum absolute atomic E-state index is 0.314. The van der Waals surface area contributed by atoms with E-state index in [1.54, 1.807) is 0 Å². The maximum absolute atomic E-state index is 5.73. The Morgan fingerprint density at radius 3 is 2.62 bits per heavy atom. The molecule has 0 atom stereocenters. The lowest BCUT2D eigenvalue weighted by Gasteiger charge is -2.17. The summed E-state index contributed by atoms with van der Waals surface area (Å²) < 4.78 is 9.85. The van der Waals surface area contributed by atoms with Crippen LogP contribution in [0.1, 0.15) is 25.2 Å². The van der Waals surface area contributed by atoms with Crippen LogP contribution in [0.5, 0.6) is 0 Å². The quantitative estimate of drug-likeness (QED) is 0.744. The van der Waals surface area contributed by atoms with Crippen LogP contribution >= 0.6 is 0 Å². The van der Waals surface area contributed by atoms with E-state index < -0.39 is 0 Å². The molecule has 0 amide bonds. The van der Waals surface area contributed by atoms with Gasteiger partial charge in [-0.25, -0.2) is 4.63 Å². The maximum Gasteiger partial charge on any atom is 0.133 e. The number of aryl methyl sites for hydroxylation is 1. The Balaban J connectivity index is 2.32. The monoisotopic (exact) mass is 185 g/mol. The lowest BCUT2D eigenvalue weighted by molar-refractivity contribution is 0.0807. The van der Waals surface area contributed by atoms with Gasteiger partial charge in [0.2, 0.25) is 0 Å². The first-order valence-electron chi connectivity index (χ1n) is 4.14. The first kappa shape index (κ1) is 10.1. The molecule has 0 aliphatic rings. The van der Waals surface area contributed by atoms with Gasteiger partial charge in [-0.3, -0.25) is 0 Å². The normalized spacial score (nSPS) is 12.0. The van der Waals surface area contributed by atoms with Crippen molar-refractivity contribution in [2.45, 2.75) is 32.9 Å². The third-order valence-electron chi connectivity index (χ3n) is 1.46. The molecule has 0 aliphatic carbocycles. The molecule has 0 radical (unpaired) electrons. The van der Waals surface area contributed by atoms with E-state index in [0.29, 0.717) is 13.2 Å². The van der Waals surface area contributed by atoms with Crippen molar-refractivity contribution >= 4 is 0 Å². The van der Waals surface area contributed by atoms with Gasteiger partial charge in [0, 0.05) is 5.54 Å². The van der Waals surface area contributed by atoms with Crippen LogP contribution < -0.4 is 5.73 Å². The molecule has 1 aromatic rings. The first-order valence-corrected chi connectivity index (χ1v) is 4.14. The molecule has 0 aromatic carbocycles. The summed E-state index contributed by atoms with van der Waals surface area (Å²) in [4.78, 5) is 0. The summed E-state index contributed by atoms with van der Waals surface area (Å²) in [6, 6.07) is 0. The van der Waals surface area contributed by atoms with E-state index in [4.69, 9.17) is 10.5 Å². The molecule has 0 unspecified atom stereocenters. The zero-order chi connectivity index (χ0) is 9.90. The summed E-state index contributed by atoms with van der Waals surface area (Å²) in [5.74, 6) is 0. The molecule has 1 rings (SSSR count). The highest BCUT2D eigenvalue weighted by Crippen LogP contribution is 2.04. The van der Waals surface area contributed by atoms with Gasteiger partial charge in [0.25, 0.3) is 0 Å². The minimum Gasteiger partial charge on any atom is -0.373 e. The Labute approximate surface area is 77.2 Å². The summed E-state index contributed by atoms with van der Waals surface area (Å²) >= 11 is 0. The zero-order valence-corrected chi connectivity index (χ0v) is 8.20. The smallest absolute Gasteiger partial charge is 0.133 e. The van der Waals surface area contributed by atoms with E-state index in [1.807, 2.05) is 20.8 Å². The predicted molar refractivity (Wildman–Crippen MR) is 47.0 cm³/mol. The van der Waals surface area contributed by atoms with Gasteiger partial charge in [0.05, 0.1) is 13.2 Å². The van der Waals surface area contributed by atoms with Crippen molar-refractivity contribution < 1.29 is 9.37 Å². The second-order valence-electron chi connectivity index (χ2n) is 3.78. The molecule has 0 spiro atoms. The van der Waals surface area contributed by atoms with Crippen LogP contribution in [0.25, 0.3) is 0 Å². The van der Waals surface area contributed by atoms with Crippen LogP contribution in [0.3, 0.4) is 0 Å². The van der Waals surface area contributed by atoms with Gasteiger partial charge in [0.1, 0.15) is 11.4 Å². The zero-order valence-electron chi connectivity index (χ0n) is 8.20. The minimum atomic E-state index is -0.314. The summed E-state index contributed by atoms with van der Waals surface area (Å²) in [6.07, 6.45) is 0. The molecule has 5 heteroatoms. The van der Waals surface area contributed by atoms with Crippen LogP contribution in [0, 0.1) is 6.92 Å². The van der Waals surface area contributed by atoms with Gasteiger partial charge in [-0.2, -0.15) is 0 Å². The van der Waals surface area contributed by atoms with Crippen molar-refractivity contribution in [2.75, 3.05) is 6.61 Å². The topological polar surface area (TPSA) is 74.2 Å². The van der Waals surface area contributed by atoms with Gasteiger partial charge >= 0.3 is 0 Å². The van der Waals surface area contributed by atoms with Crippen molar-refractivity contribution in [1.29, 1.82) is 0 Å². The van der Waals surface area contributed by atoms with Gasteiger partial charge in [-0.1, -0.05) is 10.3 Å². The number of hydrogen-bond acceptors (Lipinski definition) is 5. The molecule has 0 fully saturated rings. The number of ether oxygens (including phenoxy) is 1. The van der Waals surface area contributed by atoms with Crippen LogP contribution in [0.4, 0.5) is 0 Å². The van der Waals surface area contributed by atoms with E-state index in [1.165, 1.54) is 0 Å². The van der Waals surface area contributed by atoms with Crippen LogP contribution in [-0.4, -0.2) is 22.5 Å². The molecule has 0 saturated heterocycles. The van der Waals surface area contributed by atoms with Gasteiger partial charge < -0.3 is 10.5 Å². The average Bonchev–Trinajstić information content (AvgIpc) is 2.34. The molecule has 0 bridgehead atoms. The largest absolute Gasteiger partial charge is 0.373 e. The van der Waals surface area contributed by atoms with Crippen molar-refractivity contribution in [1.82, 2.24) is 10.3 Å². The van der Waals surface area contributed by atoms with Crippen molar-refractivity contribution in [3.05, 3.63) is 11.4 Å². The predicted octanol–water partition coefficient (Wildman–Crippen LogP) is 0.632. The SMILES string of the molecule is Cc1nonc1COCC(C)(C)N. The molecular formula is C8H15N3O2. The van der Waals surface area contributed by atoms with E-state index in [2.05, 4.69) is 14.9 Å². The summed E-state index contributed by atoms with van der Waals surface area (Å²) in [6.45, 7) is 6.51. The molecule has 0 saturated carbocycles. The fraction of sp³-hybridized carbons (Fsp3) is 0.750. The van der Waals surface area contributed by atoms with Gasteiger partial charge in [0.15, 0.2) is 0 Å². The molecule has 74 valence electrons. The van der Waals surface area contributed by atoms with E-state index in [0.717, 1.165) is 11.4 Å². The number of aromatic nitrogens is 2. The lowest BCUT2D eigenvalue weighted by atomic mass is 10.1. The highest BCUT2D eigenvalue weighted by Gasteiger charge is 2.12. The first-order chi connectivity index (χ1) is 5.99.